The lowest BCUT2D eigenvalue weighted by Gasteiger charge is -2.42. The van der Waals surface area contributed by atoms with E-state index in [9.17, 15) is 0 Å². The third kappa shape index (κ3) is 2.46. The number of hydrogen-bond donors (Lipinski definition) is 1. The average molecular weight is 255 g/mol. The minimum atomic E-state index is 0.0208. The van der Waals surface area contributed by atoms with E-state index in [0.717, 1.165) is 37.0 Å². The van der Waals surface area contributed by atoms with Crippen LogP contribution in [0.15, 0.2) is 0 Å². The number of aryl methyl sites for hydroxylation is 1. The molecule has 1 aliphatic rings. The van der Waals surface area contributed by atoms with Crippen LogP contribution >= 0.6 is 11.3 Å². The highest BCUT2D eigenvalue weighted by molar-refractivity contribution is 7.15. The molecular weight excluding hydrogens is 234 g/mol. The van der Waals surface area contributed by atoms with Crippen molar-refractivity contribution in [1.82, 2.24) is 4.98 Å². The molecule has 1 aliphatic heterocycles. The summed E-state index contributed by atoms with van der Waals surface area (Å²) in [6.07, 6.45) is 0.952. The first-order valence-electron chi connectivity index (χ1n) is 6.12. The zero-order chi connectivity index (χ0) is 12.5. The lowest BCUT2D eigenvalue weighted by molar-refractivity contribution is 0.0643. The van der Waals surface area contributed by atoms with Gasteiger partial charge in [-0.3, -0.25) is 0 Å². The van der Waals surface area contributed by atoms with Crippen molar-refractivity contribution in [1.29, 1.82) is 0 Å². The minimum absolute atomic E-state index is 0.0208. The van der Waals surface area contributed by atoms with Crippen LogP contribution < -0.4 is 10.6 Å². The summed E-state index contributed by atoms with van der Waals surface area (Å²) >= 11 is 1.73. The maximum atomic E-state index is 5.76. The number of hydrogen-bond acceptors (Lipinski definition) is 5. The number of morpholine rings is 1. The van der Waals surface area contributed by atoms with Gasteiger partial charge < -0.3 is 15.4 Å². The molecular formula is C12H21N3OS. The van der Waals surface area contributed by atoms with Gasteiger partial charge >= 0.3 is 0 Å². The second kappa shape index (κ2) is 4.92. The maximum absolute atomic E-state index is 5.76. The van der Waals surface area contributed by atoms with Gasteiger partial charge in [-0.25, -0.2) is 4.98 Å². The van der Waals surface area contributed by atoms with Gasteiger partial charge in [0.2, 0.25) is 0 Å². The predicted octanol–water partition coefficient (Wildman–Crippen LogP) is 1.78. The molecule has 1 aromatic heterocycles. The zero-order valence-corrected chi connectivity index (χ0v) is 11.6. The fourth-order valence-corrected chi connectivity index (χ4v) is 3.35. The Morgan fingerprint density at radius 3 is 2.82 bits per heavy atom. The molecule has 17 heavy (non-hydrogen) atoms. The number of thiazole rings is 1. The standard InChI is InChI=1S/C12H21N3OS/c1-4-9-10(7-13)17-11(14-9)15-5-6-16-8-12(15,2)3/h4-8,13H2,1-3H3. The molecule has 1 saturated heterocycles. The van der Waals surface area contributed by atoms with Crippen LogP contribution in [-0.4, -0.2) is 30.3 Å². The number of ether oxygens (including phenoxy) is 1. The van der Waals surface area contributed by atoms with Gasteiger partial charge in [0.15, 0.2) is 5.13 Å². The summed E-state index contributed by atoms with van der Waals surface area (Å²) in [7, 11) is 0. The Morgan fingerprint density at radius 2 is 2.29 bits per heavy atom. The largest absolute Gasteiger partial charge is 0.377 e. The van der Waals surface area contributed by atoms with Crippen molar-refractivity contribution >= 4 is 16.5 Å². The summed E-state index contributed by atoms with van der Waals surface area (Å²) in [4.78, 5) is 8.29. The number of rotatable bonds is 3. The van der Waals surface area contributed by atoms with E-state index >= 15 is 0 Å². The fraction of sp³-hybridized carbons (Fsp3) is 0.750. The van der Waals surface area contributed by atoms with Crippen molar-refractivity contribution < 1.29 is 4.74 Å². The van der Waals surface area contributed by atoms with E-state index < -0.39 is 0 Å². The Bertz CT molecular complexity index is 368. The Balaban J connectivity index is 2.29. The highest BCUT2D eigenvalue weighted by Gasteiger charge is 2.32. The summed E-state index contributed by atoms with van der Waals surface area (Å²) in [5, 5.41) is 1.09. The van der Waals surface area contributed by atoms with Crippen LogP contribution in [0.3, 0.4) is 0 Å². The molecule has 0 atom stereocenters. The molecule has 0 unspecified atom stereocenters. The van der Waals surface area contributed by atoms with Crippen molar-refractivity contribution in [2.24, 2.45) is 5.73 Å². The van der Waals surface area contributed by atoms with Crippen LogP contribution in [0, 0.1) is 0 Å². The second-order valence-electron chi connectivity index (χ2n) is 4.94. The third-order valence-electron chi connectivity index (χ3n) is 3.16. The summed E-state index contributed by atoms with van der Waals surface area (Å²) in [6, 6.07) is 0. The van der Waals surface area contributed by atoms with Gasteiger partial charge in [-0.1, -0.05) is 6.92 Å². The Hall–Kier alpha value is -0.650. The number of anilines is 1. The summed E-state index contributed by atoms with van der Waals surface area (Å²) < 4.78 is 5.54. The minimum Gasteiger partial charge on any atom is -0.377 e. The van der Waals surface area contributed by atoms with Gasteiger partial charge in [0.1, 0.15) is 0 Å². The molecule has 0 spiro atoms. The van der Waals surface area contributed by atoms with Crippen molar-refractivity contribution in [3.63, 3.8) is 0 Å². The van der Waals surface area contributed by atoms with E-state index in [2.05, 4.69) is 25.7 Å². The zero-order valence-electron chi connectivity index (χ0n) is 10.8. The van der Waals surface area contributed by atoms with Gasteiger partial charge in [-0.05, 0) is 20.3 Å². The molecule has 0 aliphatic carbocycles. The van der Waals surface area contributed by atoms with Crippen molar-refractivity contribution in [3.05, 3.63) is 10.6 Å². The highest BCUT2D eigenvalue weighted by Crippen LogP contribution is 2.32. The van der Waals surface area contributed by atoms with Gasteiger partial charge in [-0.2, -0.15) is 0 Å². The summed E-state index contributed by atoms with van der Waals surface area (Å²) in [5.74, 6) is 0. The highest BCUT2D eigenvalue weighted by atomic mass is 32.1. The first-order valence-corrected chi connectivity index (χ1v) is 6.94. The molecule has 0 amide bonds. The molecule has 0 aromatic carbocycles. The number of nitrogens with zero attached hydrogens (tertiary/aromatic N) is 2. The fourth-order valence-electron chi connectivity index (χ4n) is 2.13. The Morgan fingerprint density at radius 1 is 1.53 bits per heavy atom. The van der Waals surface area contributed by atoms with Crippen molar-refractivity contribution in [2.75, 3.05) is 24.7 Å². The van der Waals surface area contributed by atoms with Gasteiger partial charge in [0, 0.05) is 18.0 Å². The lowest BCUT2D eigenvalue weighted by atomic mass is 10.0. The van der Waals surface area contributed by atoms with Gasteiger partial charge in [-0.15, -0.1) is 11.3 Å². The molecule has 5 heteroatoms. The van der Waals surface area contributed by atoms with Gasteiger partial charge in [0.05, 0.1) is 24.4 Å². The first-order chi connectivity index (χ1) is 8.08. The van der Waals surface area contributed by atoms with Gasteiger partial charge in [0.25, 0.3) is 0 Å². The first kappa shape index (κ1) is 12.8. The quantitative estimate of drug-likeness (QED) is 0.894. The molecule has 2 N–H and O–H groups in total. The van der Waals surface area contributed by atoms with Crippen LogP contribution in [0.4, 0.5) is 5.13 Å². The molecule has 0 radical (unpaired) electrons. The van der Waals surface area contributed by atoms with E-state index in [4.69, 9.17) is 15.5 Å². The van der Waals surface area contributed by atoms with Crippen LogP contribution in [0.1, 0.15) is 31.3 Å². The maximum Gasteiger partial charge on any atom is 0.186 e. The van der Waals surface area contributed by atoms with Crippen molar-refractivity contribution in [3.8, 4) is 0 Å². The predicted molar refractivity (Wildman–Crippen MR) is 71.6 cm³/mol. The van der Waals surface area contributed by atoms with E-state index in [1.807, 2.05) is 0 Å². The molecule has 1 aromatic rings. The van der Waals surface area contributed by atoms with Crippen LogP contribution in [0.2, 0.25) is 0 Å². The molecule has 2 heterocycles. The van der Waals surface area contributed by atoms with E-state index in [1.54, 1.807) is 11.3 Å². The molecule has 1 fully saturated rings. The number of nitrogens with two attached hydrogens (primary N) is 1. The summed E-state index contributed by atoms with van der Waals surface area (Å²) in [5.41, 5.74) is 6.93. The Kier molecular flexibility index (Phi) is 3.70. The molecule has 4 nitrogen and oxygen atoms in total. The third-order valence-corrected chi connectivity index (χ3v) is 4.31. The van der Waals surface area contributed by atoms with Crippen LogP contribution in [-0.2, 0) is 17.7 Å². The molecule has 2 rings (SSSR count). The Labute approximate surface area is 107 Å². The molecule has 0 bridgehead atoms. The van der Waals surface area contributed by atoms with E-state index in [-0.39, 0.29) is 5.54 Å². The second-order valence-corrected chi connectivity index (χ2v) is 6.00. The number of aromatic nitrogens is 1. The summed E-state index contributed by atoms with van der Waals surface area (Å²) in [6.45, 7) is 9.55. The average Bonchev–Trinajstić information content (AvgIpc) is 2.71. The SMILES string of the molecule is CCc1nc(N2CCOCC2(C)C)sc1CN. The molecule has 96 valence electrons. The monoisotopic (exact) mass is 255 g/mol. The lowest BCUT2D eigenvalue weighted by Crippen LogP contribution is -2.53. The van der Waals surface area contributed by atoms with Crippen LogP contribution in [0.25, 0.3) is 0 Å². The van der Waals surface area contributed by atoms with Crippen LogP contribution in [0.5, 0.6) is 0 Å². The normalized spacial score (nSPS) is 19.6. The topological polar surface area (TPSA) is 51.4 Å². The van der Waals surface area contributed by atoms with E-state index in [1.165, 1.54) is 4.88 Å². The van der Waals surface area contributed by atoms with E-state index in [0.29, 0.717) is 6.54 Å². The smallest absolute Gasteiger partial charge is 0.186 e. The molecule has 0 saturated carbocycles. The van der Waals surface area contributed by atoms with Crippen molar-refractivity contribution in [2.45, 2.75) is 39.3 Å².